The number of carboxylic acid groups (broad SMARTS) is 2. The van der Waals surface area contributed by atoms with E-state index in [0.717, 1.165) is 7.11 Å². The Balaban J connectivity index is 2.98. The molecule has 0 aromatic heterocycles. The number of hydrogen-bond acceptors (Lipinski definition) is 4. The number of methoxy groups -OCH3 is 1. The summed E-state index contributed by atoms with van der Waals surface area (Å²) >= 11 is 0. The molecule has 6 heteroatoms. The normalized spacial score (nSPS) is 13.3. The van der Waals surface area contributed by atoms with Gasteiger partial charge in [-0.1, -0.05) is 30.3 Å². The number of ether oxygens (including phenoxy) is 1. The van der Waals surface area contributed by atoms with Crippen LogP contribution in [0.2, 0.25) is 0 Å². The van der Waals surface area contributed by atoms with Crippen LogP contribution in [0.5, 0.6) is 0 Å². The SMILES string of the molecule is COC(=O)C(CC(C(=O)O)c1ccccc1)C(=O)O. The van der Waals surface area contributed by atoms with Gasteiger partial charge in [0.25, 0.3) is 0 Å². The number of carbonyl (C=O) groups is 3. The Kier molecular flexibility index (Phi) is 5.05. The standard InChI is InChI=1S/C13H14O6/c1-19-13(18)10(12(16)17)7-9(11(14)15)8-5-3-2-4-6-8/h2-6,9-10H,7H2,1H3,(H,14,15)(H,16,17). The van der Waals surface area contributed by atoms with Crippen molar-refractivity contribution in [3.63, 3.8) is 0 Å². The van der Waals surface area contributed by atoms with Crippen LogP contribution < -0.4 is 0 Å². The highest BCUT2D eigenvalue weighted by molar-refractivity contribution is 5.94. The van der Waals surface area contributed by atoms with Gasteiger partial charge in [-0.15, -0.1) is 0 Å². The second-order valence-electron chi connectivity index (χ2n) is 3.95. The first kappa shape index (κ1) is 14.7. The van der Waals surface area contributed by atoms with Crippen molar-refractivity contribution in [1.82, 2.24) is 0 Å². The topological polar surface area (TPSA) is 101 Å². The summed E-state index contributed by atoms with van der Waals surface area (Å²) in [5.74, 6) is -6.09. The molecule has 0 aliphatic heterocycles. The van der Waals surface area contributed by atoms with Gasteiger partial charge in [0.2, 0.25) is 0 Å². The maximum Gasteiger partial charge on any atom is 0.320 e. The summed E-state index contributed by atoms with van der Waals surface area (Å²) in [5, 5.41) is 18.1. The van der Waals surface area contributed by atoms with Crippen LogP contribution in [0.4, 0.5) is 0 Å². The molecule has 2 N–H and O–H groups in total. The molecule has 2 unspecified atom stereocenters. The van der Waals surface area contributed by atoms with E-state index >= 15 is 0 Å². The molecule has 1 aromatic carbocycles. The zero-order valence-corrected chi connectivity index (χ0v) is 10.3. The Morgan fingerprint density at radius 3 is 2.11 bits per heavy atom. The lowest BCUT2D eigenvalue weighted by molar-refractivity contribution is -0.157. The van der Waals surface area contributed by atoms with Gasteiger partial charge in [-0.3, -0.25) is 14.4 Å². The summed E-state index contributed by atoms with van der Waals surface area (Å²) in [5.41, 5.74) is 0.449. The molecule has 2 atom stereocenters. The van der Waals surface area contributed by atoms with Crippen molar-refractivity contribution < 1.29 is 29.3 Å². The number of rotatable bonds is 6. The lowest BCUT2D eigenvalue weighted by atomic mass is 9.89. The van der Waals surface area contributed by atoms with Gasteiger partial charge in [-0.05, 0) is 12.0 Å². The summed E-state index contributed by atoms with van der Waals surface area (Å²) in [7, 11) is 1.07. The average Bonchev–Trinajstić information content (AvgIpc) is 2.39. The van der Waals surface area contributed by atoms with Crippen molar-refractivity contribution in [2.45, 2.75) is 12.3 Å². The van der Waals surface area contributed by atoms with Crippen LogP contribution >= 0.6 is 0 Å². The van der Waals surface area contributed by atoms with Gasteiger partial charge in [-0.2, -0.15) is 0 Å². The fraction of sp³-hybridized carbons (Fsp3) is 0.308. The zero-order valence-electron chi connectivity index (χ0n) is 10.3. The van der Waals surface area contributed by atoms with Crippen molar-refractivity contribution >= 4 is 17.9 Å². The number of carboxylic acids is 2. The molecular formula is C13H14O6. The lowest BCUT2D eigenvalue weighted by Crippen LogP contribution is -2.29. The van der Waals surface area contributed by atoms with Crippen LogP contribution in [0.25, 0.3) is 0 Å². The molecule has 0 saturated heterocycles. The van der Waals surface area contributed by atoms with Crippen molar-refractivity contribution in [1.29, 1.82) is 0 Å². The van der Waals surface area contributed by atoms with Gasteiger partial charge in [-0.25, -0.2) is 0 Å². The second-order valence-corrected chi connectivity index (χ2v) is 3.95. The van der Waals surface area contributed by atoms with Gasteiger partial charge < -0.3 is 14.9 Å². The Bertz CT molecular complexity index is 467. The monoisotopic (exact) mass is 266 g/mol. The van der Waals surface area contributed by atoms with Crippen LogP contribution in [-0.2, 0) is 19.1 Å². The molecule has 0 bridgehead atoms. The quantitative estimate of drug-likeness (QED) is 0.591. The molecule has 102 valence electrons. The number of carbonyl (C=O) groups excluding carboxylic acids is 1. The molecule has 6 nitrogen and oxygen atoms in total. The van der Waals surface area contributed by atoms with Crippen LogP contribution in [0.3, 0.4) is 0 Å². The number of aliphatic carboxylic acids is 2. The second kappa shape index (κ2) is 6.53. The van der Waals surface area contributed by atoms with E-state index in [9.17, 15) is 14.4 Å². The molecule has 1 rings (SSSR count). The van der Waals surface area contributed by atoms with Gasteiger partial charge >= 0.3 is 17.9 Å². The van der Waals surface area contributed by atoms with Crippen LogP contribution in [0.1, 0.15) is 17.9 Å². The molecule has 0 aliphatic rings. The number of esters is 1. The van der Waals surface area contributed by atoms with Crippen LogP contribution in [-0.4, -0.2) is 35.2 Å². The summed E-state index contributed by atoms with van der Waals surface area (Å²) in [6, 6.07) is 8.18. The van der Waals surface area contributed by atoms with Crippen molar-refractivity contribution in [3.8, 4) is 0 Å². The van der Waals surface area contributed by atoms with E-state index < -0.39 is 29.7 Å². The third-order valence-corrected chi connectivity index (χ3v) is 2.76. The van der Waals surface area contributed by atoms with Crippen LogP contribution in [0.15, 0.2) is 30.3 Å². The first-order chi connectivity index (χ1) is 8.97. The Labute approximate surface area is 109 Å². The van der Waals surface area contributed by atoms with Crippen molar-refractivity contribution in [3.05, 3.63) is 35.9 Å². The van der Waals surface area contributed by atoms with Crippen molar-refractivity contribution in [2.75, 3.05) is 7.11 Å². The minimum atomic E-state index is -1.49. The molecular weight excluding hydrogens is 252 g/mol. The van der Waals surface area contributed by atoms with E-state index in [1.807, 2.05) is 0 Å². The number of hydrogen-bond donors (Lipinski definition) is 2. The van der Waals surface area contributed by atoms with Gasteiger partial charge in [0, 0.05) is 0 Å². The molecule has 0 radical (unpaired) electrons. The predicted molar refractivity (Wildman–Crippen MR) is 64.6 cm³/mol. The molecule has 19 heavy (non-hydrogen) atoms. The first-order valence-electron chi connectivity index (χ1n) is 5.55. The molecule has 0 spiro atoms. The van der Waals surface area contributed by atoms with Crippen LogP contribution in [0, 0.1) is 5.92 Å². The summed E-state index contributed by atoms with van der Waals surface area (Å²) in [4.78, 5) is 33.6. The summed E-state index contributed by atoms with van der Waals surface area (Å²) in [6.07, 6.45) is -0.346. The van der Waals surface area contributed by atoms with E-state index in [1.54, 1.807) is 30.3 Å². The minimum Gasteiger partial charge on any atom is -0.481 e. The first-order valence-corrected chi connectivity index (χ1v) is 5.55. The largest absolute Gasteiger partial charge is 0.481 e. The maximum atomic E-state index is 11.3. The Morgan fingerprint density at radius 2 is 1.68 bits per heavy atom. The molecule has 1 aromatic rings. The van der Waals surface area contributed by atoms with E-state index in [-0.39, 0.29) is 6.42 Å². The Morgan fingerprint density at radius 1 is 1.11 bits per heavy atom. The fourth-order valence-corrected chi connectivity index (χ4v) is 1.74. The van der Waals surface area contributed by atoms with E-state index in [2.05, 4.69) is 4.74 Å². The van der Waals surface area contributed by atoms with E-state index in [0.29, 0.717) is 5.56 Å². The molecule has 0 saturated carbocycles. The van der Waals surface area contributed by atoms with Gasteiger partial charge in [0.15, 0.2) is 5.92 Å². The zero-order chi connectivity index (χ0) is 14.4. The summed E-state index contributed by atoms with van der Waals surface area (Å²) in [6.45, 7) is 0. The molecule has 0 heterocycles. The maximum absolute atomic E-state index is 11.3. The predicted octanol–water partition coefficient (Wildman–Crippen LogP) is 1.12. The van der Waals surface area contributed by atoms with E-state index in [4.69, 9.17) is 10.2 Å². The number of benzene rings is 1. The third-order valence-electron chi connectivity index (χ3n) is 2.76. The molecule has 0 amide bonds. The lowest BCUT2D eigenvalue weighted by Gasteiger charge is -2.16. The van der Waals surface area contributed by atoms with Gasteiger partial charge in [0.1, 0.15) is 0 Å². The highest BCUT2D eigenvalue weighted by atomic mass is 16.5. The third kappa shape index (κ3) is 3.80. The Hall–Kier alpha value is -2.37. The minimum absolute atomic E-state index is 0.346. The highest BCUT2D eigenvalue weighted by Gasteiger charge is 2.33. The van der Waals surface area contributed by atoms with Gasteiger partial charge in [0.05, 0.1) is 13.0 Å². The van der Waals surface area contributed by atoms with E-state index in [1.165, 1.54) is 0 Å². The summed E-state index contributed by atoms with van der Waals surface area (Å²) < 4.78 is 4.38. The molecule has 0 aliphatic carbocycles. The highest BCUT2D eigenvalue weighted by Crippen LogP contribution is 2.25. The smallest absolute Gasteiger partial charge is 0.320 e. The average molecular weight is 266 g/mol. The van der Waals surface area contributed by atoms with Crippen molar-refractivity contribution in [2.24, 2.45) is 5.92 Å². The fourth-order valence-electron chi connectivity index (χ4n) is 1.74. The molecule has 0 fully saturated rings.